The van der Waals surface area contributed by atoms with Gasteiger partial charge in [0.1, 0.15) is 12.4 Å². The quantitative estimate of drug-likeness (QED) is 0.383. The van der Waals surface area contributed by atoms with Gasteiger partial charge in [0.25, 0.3) is 0 Å². The predicted octanol–water partition coefficient (Wildman–Crippen LogP) is 2.59. The van der Waals surface area contributed by atoms with E-state index >= 15 is 0 Å². The molecule has 0 saturated heterocycles. The van der Waals surface area contributed by atoms with Crippen LogP contribution in [0.15, 0.2) is 30.3 Å². The first kappa shape index (κ1) is 25.9. The van der Waals surface area contributed by atoms with Crippen molar-refractivity contribution in [1.82, 2.24) is 0 Å². The van der Waals surface area contributed by atoms with Gasteiger partial charge >= 0.3 is 18.9 Å². The summed E-state index contributed by atoms with van der Waals surface area (Å²) in [6.45, 7) is 16.5. The molecule has 2 aromatic carbocycles. The van der Waals surface area contributed by atoms with Crippen LogP contribution in [-0.4, -0.2) is 25.3 Å². The van der Waals surface area contributed by atoms with Crippen LogP contribution in [-0.2, 0) is 10.2 Å². The van der Waals surface area contributed by atoms with Gasteiger partial charge in [-0.25, -0.2) is 0 Å². The van der Waals surface area contributed by atoms with E-state index in [0.29, 0.717) is 19.8 Å². The molecule has 1 atom stereocenters. The van der Waals surface area contributed by atoms with Crippen molar-refractivity contribution < 1.29 is 34.6 Å². The van der Waals surface area contributed by atoms with Crippen LogP contribution in [0, 0.1) is 20.8 Å². The number of benzene rings is 2. The standard InChI is InChI=1S/C24H33O3P.Li.H/c1-8-26-11-12-27-20-9-10-21(16(2)15-20)28-23(25)22-17(3)13-19(14-18(22)4)24(5,6)7;;/h9-10,13-15,28H,8,11-12H2,1-7H3;;/q;+1;-1. The van der Waals surface area contributed by atoms with Gasteiger partial charge < -0.3 is 10.9 Å². The average molecular weight is 408 g/mol. The maximum Gasteiger partial charge on any atom is 1.00 e. The van der Waals surface area contributed by atoms with E-state index in [-0.39, 0.29) is 39.8 Å². The molecule has 0 spiro atoms. The molecule has 0 aliphatic carbocycles. The van der Waals surface area contributed by atoms with Gasteiger partial charge in [-0.1, -0.05) is 39.0 Å². The zero-order chi connectivity index (χ0) is 20.9. The number of rotatable bonds is 8. The molecule has 0 radical (unpaired) electrons. The maximum atomic E-state index is 13.1. The first-order valence-corrected chi connectivity index (χ1v) is 10.9. The number of ether oxygens (including phenoxy) is 2. The summed E-state index contributed by atoms with van der Waals surface area (Å²) in [7, 11) is 0.110. The predicted molar refractivity (Wildman–Crippen MR) is 121 cm³/mol. The number of carbonyl (C=O) groups excluding carboxylic acids is 1. The number of hydrogen-bond donors (Lipinski definition) is 0. The summed E-state index contributed by atoms with van der Waals surface area (Å²) < 4.78 is 11.0. The summed E-state index contributed by atoms with van der Waals surface area (Å²) in [4.78, 5) is 13.1. The molecular weight excluding hydrogens is 374 g/mol. The van der Waals surface area contributed by atoms with E-state index in [2.05, 4.69) is 32.9 Å². The van der Waals surface area contributed by atoms with Crippen LogP contribution in [0.3, 0.4) is 0 Å². The summed E-state index contributed by atoms with van der Waals surface area (Å²) in [5.74, 6) is 0.820. The van der Waals surface area contributed by atoms with Gasteiger partial charge in [0.05, 0.1) is 6.61 Å². The Morgan fingerprint density at radius 1 is 1.00 bits per heavy atom. The molecule has 5 heteroatoms. The van der Waals surface area contributed by atoms with Gasteiger partial charge in [-0.3, -0.25) is 4.79 Å². The molecule has 154 valence electrons. The first-order chi connectivity index (χ1) is 13.1. The monoisotopic (exact) mass is 408 g/mol. The molecule has 0 heterocycles. The Labute approximate surface area is 191 Å². The van der Waals surface area contributed by atoms with Crippen molar-refractivity contribution in [2.75, 3.05) is 19.8 Å². The largest absolute Gasteiger partial charge is 1.00 e. The summed E-state index contributed by atoms with van der Waals surface area (Å²) >= 11 is 0. The Morgan fingerprint density at radius 3 is 2.14 bits per heavy atom. The second-order valence-electron chi connectivity index (χ2n) is 8.21. The van der Waals surface area contributed by atoms with Gasteiger partial charge in [0, 0.05) is 12.2 Å². The number of hydrogen-bond acceptors (Lipinski definition) is 3. The van der Waals surface area contributed by atoms with Crippen LogP contribution in [0.5, 0.6) is 5.75 Å². The van der Waals surface area contributed by atoms with Crippen molar-refractivity contribution in [2.24, 2.45) is 0 Å². The summed E-state index contributed by atoms with van der Waals surface area (Å²) in [5, 5.41) is 1.07. The average Bonchev–Trinajstić information content (AvgIpc) is 2.59. The molecule has 0 aliphatic rings. The third-order valence-electron chi connectivity index (χ3n) is 4.77. The Morgan fingerprint density at radius 2 is 1.62 bits per heavy atom. The molecule has 0 bridgehead atoms. The molecule has 0 fully saturated rings. The fraction of sp³-hybridized carbons (Fsp3) is 0.458. The third-order valence-corrected chi connectivity index (χ3v) is 6.08. The summed E-state index contributed by atoms with van der Waals surface area (Å²) in [6.07, 6.45) is 0. The van der Waals surface area contributed by atoms with Crippen LogP contribution < -0.4 is 28.9 Å². The van der Waals surface area contributed by atoms with E-state index in [4.69, 9.17) is 9.47 Å². The van der Waals surface area contributed by atoms with Gasteiger partial charge in [0.2, 0.25) is 0 Å². The Kier molecular flexibility index (Phi) is 10.1. The normalized spacial score (nSPS) is 11.6. The molecule has 0 aliphatic heterocycles. The zero-order valence-corrected chi connectivity index (χ0v) is 20.2. The molecule has 0 N–H and O–H groups in total. The first-order valence-electron chi connectivity index (χ1n) is 9.87. The third kappa shape index (κ3) is 7.27. The second kappa shape index (κ2) is 11.3. The Bertz CT molecular complexity index is 824. The van der Waals surface area contributed by atoms with Gasteiger partial charge in [-0.2, -0.15) is 0 Å². The molecule has 2 rings (SSSR count). The van der Waals surface area contributed by atoms with Gasteiger partial charge in [0.15, 0.2) is 5.52 Å². The van der Waals surface area contributed by atoms with Gasteiger partial charge in [-0.05, 0) is 81.4 Å². The van der Waals surface area contributed by atoms with E-state index in [0.717, 1.165) is 33.3 Å². The SMILES string of the molecule is CCOCCOc1ccc(PC(=O)c2c(C)cc(C(C)(C)C)cc2C)c(C)c1.[H-].[Li+]. The summed E-state index contributed by atoms with van der Waals surface area (Å²) in [5.41, 5.74) is 5.63. The minimum Gasteiger partial charge on any atom is -1.00 e. The van der Waals surface area contributed by atoms with Crippen LogP contribution in [0.25, 0.3) is 0 Å². The molecule has 3 nitrogen and oxygen atoms in total. The minimum atomic E-state index is 0. The van der Waals surface area contributed by atoms with Crippen LogP contribution in [0.1, 0.15) is 61.7 Å². The van der Waals surface area contributed by atoms with Crippen molar-refractivity contribution in [3.8, 4) is 5.75 Å². The summed E-state index contributed by atoms with van der Waals surface area (Å²) in [6, 6.07) is 10.3. The molecule has 0 amide bonds. The van der Waals surface area contributed by atoms with Gasteiger partial charge in [-0.15, -0.1) is 0 Å². The van der Waals surface area contributed by atoms with Crippen LogP contribution in [0.4, 0.5) is 0 Å². The second-order valence-corrected chi connectivity index (χ2v) is 9.45. The molecule has 29 heavy (non-hydrogen) atoms. The molecule has 0 aromatic heterocycles. The van der Waals surface area contributed by atoms with Crippen molar-refractivity contribution in [3.63, 3.8) is 0 Å². The smallest absolute Gasteiger partial charge is 1.00 e. The van der Waals surface area contributed by atoms with Crippen molar-refractivity contribution in [2.45, 2.75) is 53.9 Å². The maximum absolute atomic E-state index is 13.1. The van der Waals surface area contributed by atoms with Crippen LogP contribution >= 0.6 is 8.58 Å². The van der Waals surface area contributed by atoms with Crippen molar-refractivity contribution in [3.05, 3.63) is 58.1 Å². The molecule has 2 aromatic rings. The van der Waals surface area contributed by atoms with E-state index in [9.17, 15) is 4.79 Å². The Hall–Kier alpha value is -1.10. The Balaban J connectivity index is 0.00000420. The fourth-order valence-electron chi connectivity index (χ4n) is 3.17. The molecular formula is C24H34LiO3P. The topological polar surface area (TPSA) is 35.5 Å². The van der Waals surface area contributed by atoms with E-state index < -0.39 is 0 Å². The van der Waals surface area contributed by atoms with Crippen LogP contribution in [0.2, 0.25) is 0 Å². The van der Waals surface area contributed by atoms with Crippen molar-refractivity contribution >= 4 is 19.4 Å². The number of carbonyl (C=O) groups is 1. The fourth-order valence-corrected chi connectivity index (χ4v) is 4.37. The van der Waals surface area contributed by atoms with Crippen molar-refractivity contribution in [1.29, 1.82) is 0 Å². The molecule has 0 saturated carbocycles. The van der Waals surface area contributed by atoms with E-state index in [1.165, 1.54) is 5.56 Å². The number of aryl methyl sites for hydroxylation is 3. The van der Waals surface area contributed by atoms with E-state index in [1.807, 2.05) is 45.9 Å². The van der Waals surface area contributed by atoms with E-state index in [1.54, 1.807) is 0 Å². The minimum absolute atomic E-state index is 0. The zero-order valence-electron chi connectivity index (χ0n) is 20.2. The molecule has 1 unspecified atom stereocenters.